The third kappa shape index (κ3) is 5.81. The van der Waals surface area contributed by atoms with Gasteiger partial charge in [-0.1, -0.05) is 29.3 Å². The van der Waals surface area contributed by atoms with E-state index >= 15 is 0 Å². The molecule has 2 heterocycles. The Morgan fingerprint density at radius 1 is 1.10 bits per heavy atom. The maximum Gasteiger partial charge on any atom is 0.435 e. The summed E-state index contributed by atoms with van der Waals surface area (Å²) in [5.74, 6) is -0.196. The minimum Gasteiger partial charge on any atom is -0.345 e. The molecule has 2 fully saturated rings. The van der Waals surface area contributed by atoms with Crippen LogP contribution in [-0.4, -0.2) is 24.8 Å². The fourth-order valence-corrected chi connectivity index (χ4v) is 5.53. The molecule has 12 heteroatoms. The monoisotopic (exact) mass is 602 g/mol. The van der Waals surface area contributed by atoms with Gasteiger partial charge in [0.2, 0.25) is 5.62 Å². The summed E-state index contributed by atoms with van der Waals surface area (Å²) in [7, 11) is 1.43. The van der Waals surface area contributed by atoms with Crippen molar-refractivity contribution in [2.24, 2.45) is 13.0 Å². The highest BCUT2D eigenvalue weighted by Gasteiger charge is 2.38. The van der Waals surface area contributed by atoms with Crippen LogP contribution in [0.1, 0.15) is 64.9 Å². The number of rotatable bonds is 8. The highest BCUT2D eigenvalue weighted by atomic mass is 35.5. The molecule has 0 saturated heterocycles. The molecule has 0 bridgehead atoms. The quantitative estimate of drug-likeness (QED) is 0.234. The molecule has 2 saturated carbocycles. The Morgan fingerprint density at radius 2 is 1.85 bits per heavy atom. The van der Waals surface area contributed by atoms with Crippen LogP contribution in [0.5, 0.6) is 0 Å². The Hall–Kier alpha value is -3.50. The van der Waals surface area contributed by atoms with Gasteiger partial charge in [0.25, 0.3) is 5.91 Å². The zero-order valence-electron chi connectivity index (χ0n) is 22.1. The van der Waals surface area contributed by atoms with E-state index in [2.05, 4.69) is 10.4 Å². The lowest BCUT2D eigenvalue weighted by molar-refractivity contribution is -0.140. The van der Waals surface area contributed by atoms with Crippen molar-refractivity contribution in [2.45, 2.75) is 50.5 Å². The van der Waals surface area contributed by atoms with Gasteiger partial charge in [0, 0.05) is 42.8 Å². The van der Waals surface area contributed by atoms with Crippen molar-refractivity contribution in [1.82, 2.24) is 24.2 Å². The van der Waals surface area contributed by atoms with Crippen molar-refractivity contribution < 1.29 is 18.0 Å². The molecule has 41 heavy (non-hydrogen) atoms. The van der Waals surface area contributed by atoms with E-state index in [1.807, 2.05) is 16.8 Å². The average Bonchev–Trinajstić information content (AvgIpc) is 3.85. The van der Waals surface area contributed by atoms with Gasteiger partial charge in [-0.15, -0.1) is 0 Å². The van der Waals surface area contributed by atoms with Crippen LogP contribution in [0, 0.1) is 11.3 Å². The van der Waals surface area contributed by atoms with E-state index in [1.165, 1.54) is 19.3 Å². The predicted molar refractivity (Wildman–Crippen MR) is 149 cm³/mol. The van der Waals surface area contributed by atoms with Crippen molar-refractivity contribution in [3.05, 3.63) is 93.0 Å². The van der Waals surface area contributed by atoms with Crippen LogP contribution in [-0.2, 0) is 19.8 Å². The van der Waals surface area contributed by atoms with Crippen LogP contribution < -0.4 is 10.9 Å². The van der Waals surface area contributed by atoms with Crippen molar-refractivity contribution in [3.63, 3.8) is 0 Å². The molecule has 214 valence electrons. The van der Waals surface area contributed by atoms with Crippen LogP contribution >= 0.6 is 23.2 Å². The molecule has 2 aromatic heterocycles. The maximum absolute atomic E-state index is 13.9. The maximum atomic E-state index is 13.9. The van der Waals surface area contributed by atoms with Gasteiger partial charge in [0.1, 0.15) is 0 Å². The van der Waals surface area contributed by atoms with Crippen LogP contribution in [0.3, 0.4) is 0 Å². The number of aryl methyl sites for hydroxylation is 1. The first-order valence-corrected chi connectivity index (χ1v) is 14.1. The first-order chi connectivity index (χ1) is 19.5. The van der Waals surface area contributed by atoms with Gasteiger partial charge < -0.3 is 14.5 Å². The largest absolute Gasteiger partial charge is 0.435 e. The van der Waals surface area contributed by atoms with E-state index in [9.17, 15) is 18.0 Å². The molecule has 7 nitrogen and oxygen atoms in total. The number of halogens is 5. The molecular weight excluding hydrogens is 576 g/mol. The van der Waals surface area contributed by atoms with Gasteiger partial charge in [-0.05, 0) is 78.6 Å². The van der Waals surface area contributed by atoms with Gasteiger partial charge >= 0.3 is 6.18 Å². The lowest BCUT2D eigenvalue weighted by Gasteiger charge is -2.20. The predicted octanol–water partition coefficient (Wildman–Crippen LogP) is 6.76. The number of amides is 1. The van der Waals surface area contributed by atoms with Gasteiger partial charge in [0.05, 0.1) is 22.6 Å². The van der Waals surface area contributed by atoms with Gasteiger partial charge in [-0.2, -0.15) is 18.3 Å². The molecule has 0 unspecified atom stereocenters. The van der Waals surface area contributed by atoms with E-state index in [0.717, 1.165) is 35.9 Å². The second-order valence-electron chi connectivity index (χ2n) is 10.8. The first-order valence-electron chi connectivity index (χ1n) is 13.3. The van der Waals surface area contributed by atoms with Crippen molar-refractivity contribution in [1.29, 1.82) is 5.41 Å². The minimum absolute atomic E-state index is 0.120. The summed E-state index contributed by atoms with van der Waals surface area (Å²) >= 11 is 12.3. The fraction of sp³-hybridized carbons (Fsp3) is 0.345. The SMILES string of the molecule is Cn1cc(-c2cc(Cn3ccn(C4CC4)c3=N)cc(C(=O)N[C@H](c3ccc(Cl)c(Cl)c3)C3CC3)c2)c(C(F)(F)F)n1. The van der Waals surface area contributed by atoms with E-state index in [4.69, 9.17) is 28.6 Å². The topological polar surface area (TPSA) is 80.6 Å². The number of nitrogens with zero attached hydrogens (tertiary/aromatic N) is 4. The van der Waals surface area contributed by atoms with Crippen LogP contribution in [0.15, 0.2) is 55.0 Å². The molecule has 2 aliphatic carbocycles. The first kappa shape index (κ1) is 27.7. The third-order valence-electron chi connectivity index (χ3n) is 7.56. The summed E-state index contributed by atoms with van der Waals surface area (Å²) in [5, 5.41) is 16.1. The van der Waals surface area contributed by atoms with E-state index in [0.29, 0.717) is 27.3 Å². The van der Waals surface area contributed by atoms with Crippen LogP contribution in [0.25, 0.3) is 11.1 Å². The molecule has 2 N–H and O–H groups in total. The number of carbonyl (C=O) groups is 1. The number of hydrogen-bond acceptors (Lipinski definition) is 3. The summed E-state index contributed by atoms with van der Waals surface area (Å²) in [6.45, 7) is 0.215. The Labute approximate surface area is 244 Å². The van der Waals surface area contributed by atoms with Crippen LogP contribution in [0.2, 0.25) is 10.0 Å². The number of nitrogens with one attached hydrogen (secondary N) is 2. The number of imidazole rings is 1. The van der Waals surface area contributed by atoms with Crippen molar-refractivity contribution >= 4 is 29.1 Å². The lowest BCUT2D eigenvalue weighted by atomic mass is 9.98. The molecule has 2 aliphatic rings. The normalized spacial score (nSPS) is 16.1. The van der Waals surface area contributed by atoms with Crippen molar-refractivity contribution in [3.8, 4) is 11.1 Å². The van der Waals surface area contributed by atoms with E-state index in [-0.39, 0.29) is 35.2 Å². The minimum atomic E-state index is -4.68. The molecule has 1 amide bonds. The number of alkyl halides is 3. The smallest absolute Gasteiger partial charge is 0.345 e. The Bertz CT molecular complexity index is 1700. The van der Waals surface area contributed by atoms with Gasteiger partial charge in [-0.25, -0.2) is 0 Å². The molecular formula is C29H27Cl2F3N6O. The molecule has 4 aromatic rings. The lowest BCUT2D eigenvalue weighted by Crippen LogP contribution is -2.30. The summed E-state index contributed by atoms with van der Waals surface area (Å²) in [6.07, 6.45) is 4.15. The summed E-state index contributed by atoms with van der Waals surface area (Å²) in [5.41, 5.74) is 1.00. The standard InChI is InChI=1S/C29H27Cl2F3N6O/c1-38-15-22(26(37-38)29(32,33)34)19-10-16(14-39-8-9-40(28(39)35)21-5-6-21)11-20(12-19)27(41)36-25(17-2-3-17)18-4-7-23(30)24(31)13-18/h4,7-13,15,17,21,25,35H,2-3,5-6,14H2,1H3,(H,36,41)/t25-/m0/s1. The number of hydrogen-bond donors (Lipinski definition) is 2. The van der Waals surface area contributed by atoms with E-state index in [1.54, 1.807) is 35.0 Å². The molecule has 6 rings (SSSR count). The highest BCUT2D eigenvalue weighted by molar-refractivity contribution is 6.42. The molecule has 0 aliphatic heterocycles. The number of benzene rings is 2. The van der Waals surface area contributed by atoms with E-state index < -0.39 is 17.8 Å². The highest BCUT2D eigenvalue weighted by Crippen LogP contribution is 2.42. The third-order valence-corrected chi connectivity index (χ3v) is 8.30. The molecule has 1 atom stereocenters. The molecule has 2 aromatic carbocycles. The molecule has 0 radical (unpaired) electrons. The Kier molecular flexibility index (Phi) is 7.02. The fourth-order valence-electron chi connectivity index (χ4n) is 5.23. The number of carbonyl (C=O) groups excluding carboxylic acids is 1. The average molecular weight is 603 g/mol. The second kappa shape index (κ2) is 10.4. The zero-order chi connectivity index (χ0) is 29.1. The Morgan fingerprint density at radius 3 is 2.51 bits per heavy atom. The number of aromatic nitrogens is 4. The second-order valence-corrected chi connectivity index (χ2v) is 11.6. The van der Waals surface area contributed by atoms with Crippen LogP contribution in [0.4, 0.5) is 13.2 Å². The van der Waals surface area contributed by atoms with Crippen molar-refractivity contribution in [2.75, 3.05) is 0 Å². The zero-order valence-corrected chi connectivity index (χ0v) is 23.6. The molecule has 0 spiro atoms. The summed E-state index contributed by atoms with van der Waals surface area (Å²) in [6, 6.07) is 9.98. The van der Waals surface area contributed by atoms with Gasteiger partial charge in [-0.3, -0.25) is 14.9 Å². The Balaban J connectivity index is 1.39. The van der Waals surface area contributed by atoms with Gasteiger partial charge in [0.15, 0.2) is 5.69 Å². The summed E-state index contributed by atoms with van der Waals surface area (Å²) in [4.78, 5) is 13.7. The summed E-state index contributed by atoms with van der Waals surface area (Å²) < 4.78 is 46.4.